The van der Waals surface area contributed by atoms with Crippen LogP contribution in [0.3, 0.4) is 0 Å². The summed E-state index contributed by atoms with van der Waals surface area (Å²) in [6.45, 7) is 4.90. The molecule has 142 valence electrons. The fourth-order valence-electron chi connectivity index (χ4n) is 2.15. The fraction of sp³-hybridized carbons (Fsp3) is 0.118. The number of nitro groups is 1. The number of nitro benzene ring substituents is 1. The standard InChI is InChI=1S/C17H16FN3O5S/c1-3-8-19-27(25,26)16-9-12(5-7-14(16)18)17(22)20-15-10-13(21(23)24)6-4-11(15)2/h3-7,9-10,19H,1,8H2,2H3,(H,20,22). The first-order valence-corrected chi connectivity index (χ1v) is 9.10. The molecule has 0 heterocycles. The van der Waals surface area contributed by atoms with Gasteiger partial charge in [-0.3, -0.25) is 14.9 Å². The molecule has 0 saturated heterocycles. The molecule has 2 rings (SSSR count). The summed E-state index contributed by atoms with van der Waals surface area (Å²) in [7, 11) is -4.17. The van der Waals surface area contributed by atoms with Gasteiger partial charge in [0.05, 0.1) is 10.6 Å². The predicted molar refractivity (Wildman–Crippen MR) is 97.6 cm³/mol. The van der Waals surface area contributed by atoms with Crippen LogP contribution >= 0.6 is 0 Å². The summed E-state index contributed by atoms with van der Waals surface area (Å²) in [5.41, 5.74) is 0.414. The van der Waals surface area contributed by atoms with Gasteiger partial charge < -0.3 is 5.32 Å². The van der Waals surface area contributed by atoms with E-state index < -0.39 is 31.6 Å². The maximum absolute atomic E-state index is 13.9. The molecule has 0 atom stereocenters. The van der Waals surface area contributed by atoms with E-state index >= 15 is 0 Å². The molecule has 0 aromatic heterocycles. The van der Waals surface area contributed by atoms with Crippen LogP contribution in [0, 0.1) is 22.9 Å². The van der Waals surface area contributed by atoms with E-state index in [9.17, 15) is 27.7 Å². The van der Waals surface area contributed by atoms with Crippen molar-refractivity contribution in [1.82, 2.24) is 4.72 Å². The molecule has 8 nitrogen and oxygen atoms in total. The zero-order valence-electron chi connectivity index (χ0n) is 14.2. The number of anilines is 1. The van der Waals surface area contributed by atoms with Crippen LogP contribution in [0.25, 0.3) is 0 Å². The summed E-state index contributed by atoms with van der Waals surface area (Å²) < 4.78 is 40.3. The second-order valence-electron chi connectivity index (χ2n) is 5.50. The monoisotopic (exact) mass is 393 g/mol. The van der Waals surface area contributed by atoms with E-state index in [2.05, 4.69) is 16.6 Å². The Morgan fingerprint density at radius 2 is 2.00 bits per heavy atom. The third-order valence-corrected chi connectivity index (χ3v) is 5.02. The van der Waals surface area contributed by atoms with Crippen molar-refractivity contribution in [3.63, 3.8) is 0 Å². The van der Waals surface area contributed by atoms with Gasteiger partial charge in [0.15, 0.2) is 0 Å². The van der Waals surface area contributed by atoms with Crippen LogP contribution in [0.5, 0.6) is 0 Å². The average Bonchev–Trinajstić information content (AvgIpc) is 2.61. The molecule has 0 fully saturated rings. The average molecular weight is 393 g/mol. The first-order chi connectivity index (χ1) is 12.7. The van der Waals surface area contributed by atoms with Crippen LogP contribution in [0.2, 0.25) is 0 Å². The molecule has 2 aromatic carbocycles. The molecule has 27 heavy (non-hydrogen) atoms. The Hall–Kier alpha value is -3.11. The quantitative estimate of drug-likeness (QED) is 0.426. The number of nitrogens with zero attached hydrogens (tertiary/aromatic N) is 1. The highest BCUT2D eigenvalue weighted by Gasteiger charge is 2.21. The van der Waals surface area contributed by atoms with Crippen LogP contribution in [-0.4, -0.2) is 25.8 Å². The zero-order valence-corrected chi connectivity index (χ0v) is 15.0. The van der Waals surface area contributed by atoms with Crippen molar-refractivity contribution in [2.75, 3.05) is 11.9 Å². The van der Waals surface area contributed by atoms with Crippen LogP contribution in [0.1, 0.15) is 15.9 Å². The molecule has 0 bridgehead atoms. The lowest BCUT2D eigenvalue weighted by Gasteiger charge is -2.10. The number of rotatable bonds is 7. The van der Waals surface area contributed by atoms with E-state index in [0.29, 0.717) is 5.56 Å². The number of benzene rings is 2. The lowest BCUT2D eigenvalue weighted by molar-refractivity contribution is -0.384. The third-order valence-electron chi connectivity index (χ3n) is 3.58. The number of amides is 1. The van der Waals surface area contributed by atoms with Gasteiger partial charge in [-0.15, -0.1) is 6.58 Å². The number of hydrogen-bond donors (Lipinski definition) is 2. The van der Waals surface area contributed by atoms with Gasteiger partial charge in [-0.05, 0) is 30.7 Å². The van der Waals surface area contributed by atoms with Crippen LogP contribution in [0.4, 0.5) is 15.8 Å². The van der Waals surface area contributed by atoms with Crippen molar-refractivity contribution in [3.05, 3.63) is 76.1 Å². The molecule has 0 aliphatic carbocycles. The molecular formula is C17H16FN3O5S. The van der Waals surface area contributed by atoms with Crippen molar-refractivity contribution in [2.24, 2.45) is 0 Å². The van der Waals surface area contributed by atoms with Crippen molar-refractivity contribution < 1.29 is 22.5 Å². The summed E-state index contributed by atoms with van der Waals surface area (Å²) in [6.07, 6.45) is 1.29. The van der Waals surface area contributed by atoms with E-state index in [-0.39, 0.29) is 23.5 Å². The SMILES string of the molecule is C=CCNS(=O)(=O)c1cc(C(=O)Nc2cc([N+](=O)[O-])ccc2C)ccc1F. The van der Waals surface area contributed by atoms with Crippen LogP contribution < -0.4 is 10.0 Å². The van der Waals surface area contributed by atoms with E-state index in [1.54, 1.807) is 6.92 Å². The van der Waals surface area contributed by atoms with Gasteiger partial charge in [0, 0.05) is 24.2 Å². The first kappa shape index (κ1) is 20.2. The summed E-state index contributed by atoms with van der Waals surface area (Å²) in [5.74, 6) is -1.76. The van der Waals surface area contributed by atoms with Crippen molar-refractivity contribution >= 4 is 27.3 Å². The zero-order chi connectivity index (χ0) is 20.2. The number of nitrogens with one attached hydrogen (secondary N) is 2. The molecule has 0 radical (unpaired) electrons. The lowest BCUT2D eigenvalue weighted by Crippen LogP contribution is -2.25. The van der Waals surface area contributed by atoms with Crippen molar-refractivity contribution in [2.45, 2.75) is 11.8 Å². The first-order valence-electron chi connectivity index (χ1n) is 7.62. The number of carbonyl (C=O) groups is 1. The molecule has 0 aliphatic rings. The normalized spacial score (nSPS) is 11.0. The molecule has 0 spiro atoms. The molecule has 1 amide bonds. The molecule has 10 heteroatoms. The Morgan fingerprint density at radius 3 is 2.63 bits per heavy atom. The van der Waals surface area contributed by atoms with Crippen LogP contribution in [-0.2, 0) is 10.0 Å². The van der Waals surface area contributed by atoms with Gasteiger partial charge in [-0.1, -0.05) is 12.1 Å². The summed E-state index contributed by atoms with van der Waals surface area (Å²) in [4.78, 5) is 22.0. The number of halogens is 1. The minimum absolute atomic E-state index is 0.106. The number of carbonyl (C=O) groups excluding carboxylic acids is 1. The topological polar surface area (TPSA) is 118 Å². The maximum Gasteiger partial charge on any atom is 0.271 e. The van der Waals surface area contributed by atoms with Gasteiger partial charge in [-0.2, -0.15) is 0 Å². The molecule has 0 aliphatic heterocycles. The Bertz CT molecular complexity index is 1020. The highest BCUT2D eigenvalue weighted by atomic mass is 32.2. The molecule has 2 aromatic rings. The van der Waals surface area contributed by atoms with Gasteiger partial charge in [0.25, 0.3) is 11.6 Å². The van der Waals surface area contributed by atoms with Gasteiger partial charge >= 0.3 is 0 Å². The van der Waals surface area contributed by atoms with Gasteiger partial charge in [0.2, 0.25) is 10.0 Å². The minimum Gasteiger partial charge on any atom is -0.321 e. The molecule has 2 N–H and O–H groups in total. The fourth-order valence-corrected chi connectivity index (χ4v) is 3.25. The van der Waals surface area contributed by atoms with E-state index in [4.69, 9.17) is 0 Å². The van der Waals surface area contributed by atoms with Crippen molar-refractivity contribution in [1.29, 1.82) is 0 Å². The second-order valence-corrected chi connectivity index (χ2v) is 7.23. The smallest absolute Gasteiger partial charge is 0.271 e. The van der Waals surface area contributed by atoms with E-state index in [0.717, 1.165) is 18.2 Å². The highest BCUT2D eigenvalue weighted by molar-refractivity contribution is 7.89. The molecular weight excluding hydrogens is 377 g/mol. The Kier molecular flexibility index (Phi) is 6.03. The Morgan fingerprint density at radius 1 is 1.30 bits per heavy atom. The predicted octanol–water partition coefficient (Wildman–Crippen LogP) is 2.76. The number of aryl methyl sites for hydroxylation is 1. The van der Waals surface area contributed by atoms with Gasteiger partial charge in [-0.25, -0.2) is 17.5 Å². The Labute approximate surface area is 154 Å². The molecule has 0 saturated carbocycles. The number of hydrogen-bond acceptors (Lipinski definition) is 5. The van der Waals surface area contributed by atoms with E-state index in [1.165, 1.54) is 24.3 Å². The van der Waals surface area contributed by atoms with Crippen LogP contribution in [0.15, 0.2) is 53.9 Å². The third kappa shape index (κ3) is 4.74. The lowest BCUT2D eigenvalue weighted by atomic mass is 10.1. The summed E-state index contributed by atoms with van der Waals surface area (Å²) >= 11 is 0. The molecule has 0 unspecified atom stereocenters. The number of sulfonamides is 1. The Balaban J connectivity index is 2.35. The summed E-state index contributed by atoms with van der Waals surface area (Å²) in [6, 6.07) is 6.80. The summed E-state index contributed by atoms with van der Waals surface area (Å²) in [5, 5.41) is 13.3. The maximum atomic E-state index is 13.9. The number of non-ortho nitro benzene ring substituents is 1. The van der Waals surface area contributed by atoms with E-state index in [1.807, 2.05) is 0 Å². The van der Waals surface area contributed by atoms with Crippen molar-refractivity contribution in [3.8, 4) is 0 Å². The second kappa shape index (κ2) is 8.06. The minimum atomic E-state index is -4.17. The van der Waals surface area contributed by atoms with Gasteiger partial charge in [0.1, 0.15) is 10.7 Å². The largest absolute Gasteiger partial charge is 0.321 e. The highest BCUT2D eigenvalue weighted by Crippen LogP contribution is 2.23.